The monoisotopic (exact) mass is 357 g/mol. The zero-order chi connectivity index (χ0) is 17.9. The van der Waals surface area contributed by atoms with Crippen LogP contribution in [-0.2, 0) is 4.74 Å². The average molecular weight is 357 g/mol. The van der Waals surface area contributed by atoms with E-state index in [1.165, 1.54) is 12.6 Å². The Morgan fingerprint density at radius 2 is 2.08 bits per heavy atom. The van der Waals surface area contributed by atoms with Crippen LogP contribution in [0.3, 0.4) is 0 Å². The van der Waals surface area contributed by atoms with Crippen molar-refractivity contribution < 1.29 is 9.13 Å². The number of nitrogens with zero attached hydrogens (tertiary/aromatic N) is 4. The molecule has 6 nitrogen and oxygen atoms in total. The number of nitrogens with one attached hydrogen (secondary N) is 1. The molecule has 1 aliphatic heterocycles. The van der Waals surface area contributed by atoms with Crippen molar-refractivity contribution in [2.24, 2.45) is 0 Å². The Balaban J connectivity index is 1.51. The lowest BCUT2D eigenvalue weighted by atomic mass is 9.92. The predicted molar refractivity (Wildman–Crippen MR) is 101 cm³/mol. The number of morpholine rings is 1. The molecule has 0 spiro atoms. The maximum Gasteiger partial charge on any atom is 0.229 e. The van der Waals surface area contributed by atoms with E-state index in [2.05, 4.69) is 32.3 Å². The molecule has 2 heterocycles. The Bertz CT molecular complexity index is 761. The number of rotatable bonds is 5. The highest BCUT2D eigenvalue weighted by Gasteiger charge is 2.25. The van der Waals surface area contributed by atoms with E-state index in [1.807, 2.05) is 24.1 Å². The van der Waals surface area contributed by atoms with Crippen molar-refractivity contribution in [2.45, 2.75) is 25.3 Å². The largest absolute Gasteiger partial charge is 0.378 e. The standard InChI is InChI=1S/C19H24FN5O/c1-24(15-5-3-6-15)18-17(20)13-21-19(23-18)22-14-4-2-7-16(12-14)25-8-10-26-11-9-25/h2,4,7,12-13,15H,3,5-6,8-11H2,1H3,(H,21,22,23). The molecule has 2 aromatic rings. The minimum atomic E-state index is -0.382. The molecule has 2 aliphatic rings. The first-order valence-electron chi connectivity index (χ1n) is 9.16. The fraction of sp³-hybridized carbons (Fsp3) is 0.474. The smallest absolute Gasteiger partial charge is 0.229 e. The number of ether oxygens (including phenoxy) is 1. The summed E-state index contributed by atoms with van der Waals surface area (Å²) in [6.07, 6.45) is 4.61. The Labute approximate surface area is 153 Å². The van der Waals surface area contributed by atoms with Crippen LogP contribution < -0.4 is 15.1 Å². The minimum absolute atomic E-state index is 0.358. The molecular weight excluding hydrogens is 333 g/mol. The number of hydrogen-bond donors (Lipinski definition) is 1. The topological polar surface area (TPSA) is 53.5 Å². The summed E-state index contributed by atoms with van der Waals surface area (Å²) in [5.41, 5.74) is 2.02. The van der Waals surface area contributed by atoms with Crippen LogP contribution in [0.2, 0.25) is 0 Å². The lowest BCUT2D eigenvalue weighted by Crippen LogP contribution is -2.38. The quantitative estimate of drug-likeness (QED) is 0.887. The van der Waals surface area contributed by atoms with E-state index >= 15 is 0 Å². The second-order valence-corrected chi connectivity index (χ2v) is 6.84. The van der Waals surface area contributed by atoms with Crippen LogP contribution in [0.1, 0.15) is 19.3 Å². The van der Waals surface area contributed by atoms with E-state index in [-0.39, 0.29) is 5.82 Å². The molecule has 26 heavy (non-hydrogen) atoms. The van der Waals surface area contributed by atoms with Crippen molar-refractivity contribution in [1.82, 2.24) is 9.97 Å². The number of halogens is 1. The number of hydrogen-bond acceptors (Lipinski definition) is 6. The predicted octanol–water partition coefficient (Wildman–Crippen LogP) is 3.18. The molecule has 1 aromatic heterocycles. The maximum atomic E-state index is 14.2. The van der Waals surface area contributed by atoms with Gasteiger partial charge in [-0.1, -0.05) is 6.07 Å². The summed E-state index contributed by atoms with van der Waals surface area (Å²) in [6, 6.07) is 8.48. The fourth-order valence-corrected chi connectivity index (χ4v) is 3.34. The van der Waals surface area contributed by atoms with Crippen molar-refractivity contribution >= 4 is 23.1 Å². The zero-order valence-electron chi connectivity index (χ0n) is 15.0. The first kappa shape index (κ1) is 17.0. The molecule has 1 aromatic carbocycles. The van der Waals surface area contributed by atoms with Gasteiger partial charge in [-0.2, -0.15) is 4.98 Å². The van der Waals surface area contributed by atoms with Gasteiger partial charge in [-0.15, -0.1) is 0 Å². The Hall–Kier alpha value is -2.41. The summed E-state index contributed by atoms with van der Waals surface area (Å²) >= 11 is 0. The van der Waals surface area contributed by atoms with Crippen LogP contribution in [0.5, 0.6) is 0 Å². The zero-order valence-corrected chi connectivity index (χ0v) is 15.0. The van der Waals surface area contributed by atoms with Crippen molar-refractivity contribution in [3.63, 3.8) is 0 Å². The van der Waals surface area contributed by atoms with E-state index < -0.39 is 0 Å². The Morgan fingerprint density at radius 1 is 1.27 bits per heavy atom. The summed E-state index contributed by atoms with van der Waals surface area (Å²) in [4.78, 5) is 12.7. The van der Waals surface area contributed by atoms with Gasteiger partial charge in [-0.05, 0) is 37.5 Å². The molecule has 1 saturated carbocycles. The van der Waals surface area contributed by atoms with Crippen LogP contribution in [0, 0.1) is 5.82 Å². The third-order valence-electron chi connectivity index (χ3n) is 5.16. The van der Waals surface area contributed by atoms with Gasteiger partial charge in [0.05, 0.1) is 19.4 Å². The lowest BCUT2D eigenvalue weighted by Gasteiger charge is -2.35. The molecule has 0 radical (unpaired) electrons. The normalized spacial score (nSPS) is 17.7. The number of anilines is 4. The number of aromatic nitrogens is 2. The molecule has 1 N–H and O–H groups in total. The van der Waals surface area contributed by atoms with Gasteiger partial charge in [0.2, 0.25) is 5.95 Å². The van der Waals surface area contributed by atoms with Crippen molar-refractivity contribution in [3.8, 4) is 0 Å². The summed E-state index contributed by atoms with van der Waals surface area (Å²) in [5.74, 6) is 0.384. The van der Waals surface area contributed by atoms with Gasteiger partial charge in [0, 0.05) is 37.6 Å². The second kappa shape index (κ2) is 7.45. The van der Waals surface area contributed by atoms with E-state index in [9.17, 15) is 4.39 Å². The van der Waals surface area contributed by atoms with Gasteiger partial charge < -0.3 is 19.9 Å². The van der Waals surface area contributed by atoms with Crippen molar-refractivity contribution in [1.29, 1.82) is 0 Å². The highest BCUT2D eigenvalue weighted by atomic mass is 19.1. The number of benzene rings is 1. The summed E-state index contributed by atoms with van der Waals surface area (Å²) < 4.78 is 19.6. The molecule has 0 atom stereocenters. The third-order valence-corrected chi connectivity index (χ3v) is 5.16. The molecule has 0 unspecified atom stereocenters. The van der Waals surface area contributed by atoms with Gasteiger partial charge in [0.1, 0.15) is 0 Å². The van der Waals surface area contributed by atoms with Gasteiger partial charge in [0.25, 0.3) is 0 Å². The average Bonchev–Trinajstić information content (AvgIpc) is 2.63. The Morgan fingerprint density at radius 3 is 2.81 bits per heavy atom. The van der Waals surface area contributed by atoms with E-state index in [0.717, 1.165) is 50.5 Å². The van der Waals surface area contributed by atoms with E-state index in [1.54, 1.807) is 0 Å². The first-order chi connectivity index (χ1) is 12.7. The molecule has 2 fully saturated rings. The SMILES string of the molecule is CN(c1nc(Nc2cccc(N3CCOCC3)c2)ncc1F)C1CCC1. The molecule has 4 rings (SSSR count). The molecule has 138 valence electrons. The van der Waals surface area contributed by atoms with Gasteiger partial charge >= 0.3 is 0 Å². The van der Waals surface area contributed by atoms with Crippen LogP contribution >= 0.6 is 0 Å². The molecule has 1 aliphatic carbocycles. The van der Waals surface area contributed by atoms with Crippen LogP contribution in [0.15, 0.2) is 30.5 Å². The van der Waals surface area contributed by atoms with Crippen molar-refractivity contribution in [2.75, 3.05) is 48.5 Å². The van der Waals surface area contributed by atoms with E-state index in [0.29, 0.717) is 17.8 Å². The second-order valence-electron chi connectivity index (χ2n) is 6.84. The van der Waals surface area contributed by atoms with Crippen LogP contribution in [0.25, 0.3) is 0 Å². The Kier molecular flexibility index (Phi) is 4.88. The molecular formula is C19H24FN5O. The first-order valence-corrected chi connectivity index (χ1v) is 9.16. The molecule has 1 saturated heterocycles. The minimum Gasteiger partial charge on any atom is -0.378 e. The molecule has 0 amide bonds. The maximum absolute atomic E-state index is 14.2. The van der Waals surface area contributed by atoms with Gasteiger partial charge in [-0.3, -0.25) is 0 Å². The summed E-state index contributed by atoms with van der Waals surface area (Å²) in [7, 11) is 1.90. The fourth-order valence-electron chi connectivity index (χ4n) is 3.34. The molecule has 7 heteroatoms. The third kappa shape index (κ3) is 3.58. The lowest BCUT2D eigenvalue weighted by molar-refractivity contribution is 0.122. The van der Waals surface area contributed by atoms with E-state index in [4.69, 9.17) is 4.74 Å². The molecule has 0 bridgehead atoms. The van der Waals surface area contributed by atoms with Gasteiger partial charge in [0.15, 0.2) is 11.6 Å². The van der Waals surface area contributed by atoms with Crippen LogP contribution in [0.4, 0.5) is 27.5 Å². The van der Waals surface area contributed by atoms with Crippen LogP contribution in [-0.4, -0.2) is 49.4 Å². The summed E-state index contributed by atoms with van der Waals surface area (Å²) in [6.45, 7) is 3.25. The highest BCUT2D eigenvalue weighted by Crippen LogP contribution is 2.29. The van der Waals surface area contributed by atoms with Gasteiger partial charge in [-0.25, -0.2) is 9.37 Å². The van der Waals surface area contributed by atoms with Crippen molar-refractivity contribution in [3.05, 3.63) is 36.3 Å². The summed E-state index contributed by atoms with van der Waals surface area (Å²) in [5, 5.41) is 3.21. The highest BCUT2D eigenvalue weighted by molar-refractivity contribution is 5.63.